The van der Waals surface area contributed by atoms with E-state index in [1.54, 1.807) is 24.3 Å². The van der Waals surface area contributed by atoms with Crippen molar-refractivity contribution in [1.82, 2.24) is 14.6 Å². The van der Waals surface area contributed by atoms with Crippen LogP contribution in [0, 0.1) is 5.82 Å². The average Bonchev–Trinajstić information content (AvgIpc) is 3.20. The largest absolute Gasteiger partial charge is 0.347 e. The standard InChI is InChI=1S/C28H32FN3O2S/c1-5-11-24-25-21(18-32(24)35(34)28(2,3)4)16-23(31-26(25)19-12-7-6-8-13-19)27(33)30-17-20-14-9-10-15-22(20)29/h6-10,12-16,24H,5,11,17-18H2,1-4H3,(H,30,33)/t24-,35-/m1/s1. The van der Waals surface area contributed by atoms with Gasteiger partial charge in [-0.25, -0.2) is 17.9 Å². The Bertz CT molecular complexity index is 1240. The average molecular weight is 494 g/mol. The lowest BCUT2D eigenvalue weighted by molar-refractivity contribution is 0.0945. The third kappa shape index (κ3) is 5.36. The van der Waals surface area contributed by atoms with Gasteiger partial charge in [0.15, 0.2) is 0 Å². The van der Waals surface area contributed by atoms with Gasteiger partial charge < -0.3 is 5.32 Å². The molecule has 0 saturated carbocycles. The first-order valence-electron chi connectivity index (χ1n) is 12.0. The smallest absolute Gasteiger partial charge is 0.270 e. The molecule has 2 atom stereocenters. The van der Waals surface area contributed by atoms with Gasteiger partial charge in [0, 0.05) is 29.8 Å². The maximum absolute atomic E-state index is 14.0. The van der Waals surface area contributed by atoms with Gasteiger partial charge in [0.05, 0.1) is 16.5 Å². The summed E-state index contributed by atoms with van der Waals surface area (Å²) in [4.78, 5) is 17.9. The molecule has 2 heterocycles. The number of fused-ring (bicyclic) bond motifs is 1. The van der Waals surface area contributed by atoms with Gasteiger partial charge in [-0.05, 0) is 44.9 Å². The number of carbonyl (C=O) groups is 1. The van der Waals surface area contributed by atoms with Crippen molar-refractivity contribution in [3.05, 3.63) is 88.9 Å². The van der Waals surface area contributed by atoms with E-state index in [-0.39, 0.29) is 30.0 Å². The summed E-state index contributed by atoms with van der Waals surface area (Å²) in [7, 11) is -1.22. The van der Waals surface area contributed by atoms with E-state index in [2.05, 4.69) is 12.2 Å². The number of halogens is 1. The van der Waals surface area contributed by atoms with E-state index in [9.17, 15) is 13.4 Å². The van der Waals surface area contributed by atoms with Crippen LogP contribution in [-0.2, 0) is 24.1 Å². The molecule has 184 valence electrons. The summed E-state index contributed by atoms with van der Waals surface area (Å²) < 4.78 is 29.2. The Morgan fingerprint density at radius 1 is 1.14 bits per heavy atom. The van der Waals surface area contributed by atoms with E-state index < -0.39 is 15.7 Å². The van der Waals surface area contributed by atoms with Crippen molar-refractivity contribution < 1.29 is 13.4 Å². The Labute approximate surface area is 209 Å². The van der Waals surface area contributed by atoms with Crippen LogP contribution >= 0.6 is 0 Å². The van der Waals surface area contributed by atoms with E-state index in [0.717, 1.165) is 35.2 Å². The van der Waals surface area contributed by atoms with Crippen LogP contribution in [0.3, 0.4) is 0 Å². The molecule has 1 N–H and O–H groups in total. The molecule has 0 radical (unpaired) electrons. The SMILES string of the molecule is CCC[C@@H]1c2c(cc(C(=O)NCc3ccccc3F)nc2-c2ccccc2)CN1[S@](=O)C(C)(C)C. The van der Waals surface area contributed by atoms with Crippen molar-refractivity contribution in [3.63, 3.8) is 0 Å². The van der Waals surface area contributed by atoms with Gasteiger partial charge in [-0.3, -0.25) is 4.79 Å². The van der Waals surface area contributed by atoms with Crippen LogP contribution in [0.2, 0.25) is 0 Å². The molecular formula is C28H32FN3O2S. The maximum atomic E-state index is 14.0. The molecule has 1 amide bonds. The normalized spacial score (nSPS) is 16.7. The zero-order valence-corrected chi connectivity index (χ0v) is 21.5. The summed E-state index contributed by atoms with van der Waals surface area (Å²) in [6.07, 6.45) is 1.77. The predicted molar refractivity (Wildman–Crippen MR) is 138 cm³/mol. The van der Waals surface area contributed by atoms with Crippen LogP contribution in [0.25, 0.3) is 11.3 Å². The molecule has 0 bridgehead atoms. The number of hydrogen-bond acceptors (Lipinski definition) is 3. The second-order valence-electron chi connectivity index (χ2n) is 9.81. The number of carbonyl (C=O) groups excluding carboxylic acids is 1. The van der Waals surface area contributed by atoms with E-state index in [1.165, 1.54) is 6.07 Å². The zero-order chi connectivity index (χ0) is 25.2. The van der Waals surface area contributed by atoms with Gasteiger partial charge in [-0.15, -0.1) is 0 Å². The third-order valence-corrected chi connectivity index (χ3v) is 7.98. The first kappa shape index (κ1) is 25.2. The summed E-state index contributed by atoms with van der Waals surface area (Å²) in [5, 5.41) is 2.81. The Morgan fingerprint density at radius 3 is 2.49 bits per heavy atom. The molecule has 1 aliphatic heterocycles. The van der Waals surface area contributed by atoms with E-state index in [0.29, 0.717) is 12.1 Å². The maximum Gasteiger partial charge on any atom is 0.270 e. The lowest BCUT2D eigenvalue weighted by Crippen LogP contribution is -2.36. The number of hydrogen-bond donors (Lipinski definition) is 1. The molecule has 5 nitrogen and oxygen atoms in total. The fourth-order valence-corrected chi connectivity index (χ4v) is 5.86. The fourth-order valence-electron chi connectivity index (χ4n) is 4.46. The molecule has 3 aromatic rings. The highest BCUT2D eigenvalue weighted by Crippen LogP contribution is 2.44. The minimum atomic E-state index is -1.22. The topological polar surface area (TPSA) is 62.3 Å². The minimum absolute atomic E-state index is 0.0479. The highest BCUT2D eigenvalue weighted by atomic mass is 32.2. The minimum Gasteiger partial charge on any atom is -0.347 e. The van der Waals surface area contributed by atoms with Crippen molar-refractivity contribution in [2.45, 2.75) is 64.4 Å². The zero-order valence-electron chi connectivity index (χ0n) is 20.7. The molecule has 0 fully saturated rings. The number of amides is 1. The highest BCUT2D eigenvalue weighted by molar-refractivity contribution is 7.84. The van der Waals surface area contributed by atoms with Crippen LogP contribution in [0.4, 0.5) is 4.39 Å². The first-order valence-corrected chi connectivity index (χ1v) is 13.1. The Kier molecular flexibility index (Phi) is 7.47. The Morgan fingerprint density at radius 2 is 1.83 bits per heavy atom. The van der Waals surface area contributed by atoms with Crippen molar-refractivity contribution in [2.75, 3.05) is 0 Å². The van der Waals surface area contributed by atoms with Gasteiger partial charge in [0.2, 0.25) is 0 Å². The molecular weight excluding hydrogens is 461 g/mol. The van der Waals surface area contributed by atoms with Gasteiger partial charge in [0.1, 0.15) is 22.5 Å². The van der Waals surface area contributed by atoms with Crippen LogP contribution in [-0.4, -0.2) is 24.2 Å². The highest BCUT2D eigenvalue weighted by Gasteiger charge is 2.40. The van der Waals surface area contributed by atoms with Gasteiger partial charge in [-0.2, -0.15) is 0 Å². The summed E-state index contributed by atoms with van der Waals surface area (Å²) in [5.41, 5.74) is 4.35. The van der Waals surface area contributed by atoms with Crippen molar-refractivity contribution >= 4 is 16.9 Å². The van der Waals surface area contributed by atoms with Crippen molar-refractivity contribution in [3.8, 4) is 11.3 Å². The summed E-state index contributed by atoms with van der Waals surface area (Å²) in [6.45, 7) is 8.62. The summed E-state index contributed by atoms with van der Waals surface area (Å²) in [6, 6.07) is 17.9. The van der Waals surface area contributed by atoms with Crippen molar-refractivity contribution in [2.24, 2.45) is 0 Å². The van der Waals surface area contributed by atoms with Gasteiger partial charge in [0.25, 0.3) is 5.91 Å². The van der Waals surface area contributed by atoms with Crippen LogP contribution in [0.15, 0.2) is 60.7 Å². The number of nitrogens with zero attached hydrogens (tertiary/aromatic N) is 2. The molecule has 7 heteroatoms. The molecule has 2 aromatic carbocycles. The molecule has 0 spiro atoms. The summed E-state index contributed by atoms with van der Waals surface area (Å²) >= 11 is 0. The lowest BCUT2D eigenvalue weighted by Gasteiger charge is -2.30. The van der Waals surface area contributed by atoms with E-state index in [4.69, 9.17) is 4.98 Å². The lowest BCUT2D eigenvalue weighted by atomic mass is 9.95. The fraction of sp³-hybridized carbons (Fsp3) is 0.357. The molecule has 0 unspecified atom stereocenters. The number of rotatable bonds is 7. The molecule has 4 rings (SSSR count). The van der Waals surface area contributed by atoms with Crippen molar-refractivity contribution in [1.29, 1.82) is 0 Å². The molecule has 0 aliphatic carbocycles. The molecule has 1 aliphatic rings. The quantitative estimate of drug-likeness (QED) is 0.443. The number of benzene rings is 2. The number of pyridine rings is 1. The second-order valence-corrected chi connectivity index (χ2v) is 12.0. The molecule has 35 heavy (non-hydrogen) atoms. The predicted octanol–water partition coefficient (Wildman–Crippen LogP) is 5.94. The monoisotopic (exact) mass is 493 g/mol. The van der Waals surface area contributed by atoms with Crippen LogP contribution in [0.5, 0.6) is 0 Å². The molecule has 1 aromatic heterocycles. The summed E-state index contributed by atoms with van der Waals surface area (Å²) in [5.74, 6) is -0.724. The Balaban J connectivity index is 1.75. The van der Waals surface area contributed by atoms with Gasteiger partial charge >= 0.3 is 0 Å². The second kappa shape index (κ2) is 10.4. The number of aromatic nitrogens is 1. The van der Waals surface area contributed by atoms with Gasteiger partial charge in [-0.1, -0.05) is 61.9 Å². The van der Waals surface area contributed by atoms with Crippen LogP contribution < -0.4 is 5.32 Å². The number of nitrogens with one attached hydrogen (secondary N) is 1. The molecule has 0 saturated heterocycles. The first-order chi connectivity index (χ1) is 16.7. The van der Waals surface area contributed by atoms with Crippen LogP contribution in [0.1, 0.15) is 73.8 Å². The Hall–Kier alpha value is -2.90. The van der Waals surface area contributed by atoms with E-state index >= 15 is 0 Å². The van der Waals surface area contributed by atoms with E-state index in [1.807, 2.05) is 55.4 Å². The third-order valence-electron chi connectivity index (χ3n) is 6.13.